The molecule has 0 aliphatic carbocycles. The van der Waals surface area contributed by atoms with Crippen molar-refractivity contribution in [2.75, 3.05) is 31.2 Å². The second-order valence-corrected chi connectivity index (χ2v) is 7.39. The number of unbranched alkanes of at least 4 members (excludes halogenated alkanes) is 1. The molecule has 1 atom stereocenters. The highest BCUT2D eigenvalue weighted by atomic mass is 35.5. The third-order valence-corrected chi connectivity index (χ3v) is 5.10. The summed E-state index contributed by atoms with van der Waals surface area (Å²) in [5.74, 6) is -0.478. The predicted octanol–water partition coefficient (Wildman–Crippen LogP) is 3.15. The minimum absolute atomic E-state index is 0.00322. The minimum atomic E-state index is -0.208. The lowest BCUT2D eigenvalue weighted by Crippen LogP contribution is -2.44. The second-order valence-electron chi connectivity index (χ2n) is 6.96. The van der Waals surface area contributed by atoms with Gasteiger partial charge in [-0.3, -0.25) is 19.3 Å². The Labute approximate surface area is 166 Å². The fourth-order valence-corrected chi connectivity index (χ4v) is 3.14. The van der Waals surface area contributed by atoms with Crippen LogP contribution in [0.4, 0.5) is 5.69 Å². The van der Waals surface area contributed by atoms with Gasteiger partial charge in [-0.15, -0.1) is 0 Å². The van der Waals surface area contributed by atoms with Gasteiger partial charge in [-0.2, -0.15) is 0 Å². The van der Waals surface area contributed by atoms with Crippen molar-refractivity contribution in [3.63, 3.8) is 0 Å². The smallest absolute Gasteiger partial charge is 0.248 e. The molecule has 0 N–H and O–H groups in total. The summed E-state index contributed by atoms with van der Waals surface area (Å²) in [7, 11) is 0. The van der Waals surface area contributed by atoms with E-state index in [4.69, 9.17) is 11.6 Å². The van der Waals surface area contributed by atoms with Crippen molar-refractivity contribution in [1.29, 1.82) is 0 Å². The van der Waals surface area contributed by atoms with Crippen molar-refractivity contribution in [2.24, 2.45) is 5.92 Å². The highest BCUT2D eigenvalue weighted by Crippen LogP contribution is 2.23. The normalized spacial score (nSPS) is 15.2. The largest absolute Gasteiger partial charge is 0.333 e. The molecule has 27 heavy (non-hydrogen) atoms. The number of carbonyl (C=O) groups is 3. The van der Waals surface area contributed by atoms with Gasteiger partial charge in [0.05, 0.1) is 6.54 Å². The van der Waals surface area contributed by atoms with E-state index in [1.165, 1.54) is 9.80 Å². The Hall–Kier alpha value is -2.08. The molecule has 1 saturated heterocycles. The number of carbonyl (C=O) groups excluding carboxylic acids is 3. The first-order valence-corrected chi connectivity index (χ1v) is 9.87. The Balaban J connectivity index is 2.05. The van der Waals surface area contributed by atoms with E-state index in [2.05, 4.69) is 6.92 Å². The van der Waals surface area contributed by atoms with Crippen LogP contribution in [0.2, 0.25) is 5.02 Å². The first-order chi connectivity index (χ1) is 12.9. The van der Waals surface area contributed by atoms with Gasteiger partial charge in [0.1, 0.15) is 13.2 Å². The molecule has 1 aliphatic rings. The molecule has 3 amide bonds. The Bertz CT molecular complexity index is 695. The van der Waals surface area contributed by atoms with Gasteiger partial charge in [-0.05, 0) is 31.0 Å². The maximum atomic E-state index is 12.8. The van der Waals surface area contributed by atoms with Gasteiger partial charge in [0, 0.05) is 23.2 Å². The fraction of sp³-hybridized carbons (Fsp3) is 0.550. The van der Waals surface area contributed by atoms with E-state index >= 15 is 0 Å². The van der Waals surface area contributed by atoms with Gasteiger partial charge >= 0.3 is 0 Å². The summed E-state index contributed by atoms with van der Waals surface area (Å²) < 4.78 is 0. The molecule has 0 bridgehead atoms. The van der Waals surface area contributed by atoms with Crippen LogP contribution in [0.25, 0.3) is 0 Å². The van der Waals surface area contributed by atoms with Crippen molar-refractivity contribution < 1.29 is 14.4 Å². The molecule has 6 nitrogen and oxygen atoms in total. The number of nitrogens with zero attached hydrogens (tertiary/aromatic N) is 3. The molecule has 1 aromatic rings. The number of halogens is 1. The van der Waals surface area contributed by atoms with Gasteiger partial charge in [-0.1, -0.05) is 44.9 Å². The summed E-state index contributed by atoms with van der Waals surface area (Å²) in [6.45, 7) is 6.67. The van der Waals surface area contributed by atoms with Gasteiger partial charge in [0.25, 0.3) is 0 Å². The van der Waals surface area contributed by atoms with Gasteiger partial charge < -0.3 is 9.80 Å². The van der Waals surface area contributed by atoms with Crippen molar-refractivity contribution in [3.05, 3.63) is 29.3 Å². The molecule has 1 heterocycles. The average Bonchev–Trinajstić information content (AvgIpc) is 3.05. The lowest BCUT2D eigenvalue weighted by molar-refractivity contribution is -0.142. The van der Waals surface area contributed by atoms with E-state index in [1.54, 1.807) is 29.2 Å². The Morgan fingerprint density at radius 1 is 1.30 bits per heavy atom. The zero-order valence-corrected chi connectivity index (χ0v) is 17.0. The second kappa shape index (κ2) is 9.74. The Morgan fingerprint density at radius 3 is 2.67 bits per heavy atom. The molecule has 0 unspecified atom stereocenters. The van der Waals surface area contributed by atoms with Crippen LogP contribution in [0.3, 0.4) is 0 Å². The molecule has 1 fully saturated rings. The van der Waals surface area contributed by atoms with Crippen molar-refractivity contribution in [3.8, 4) is 0 Å². The molecule has 148 valence electrons. The highest BCUT2D eigenvalue weighted by molar-refractivity contribution is 6.31. The van der Waals surface area contributed by atoms with E-state index < -0.39 is 0 Å². The lowest BCUT2D eigenvalue weighted by Gasteiger charge is -2.27. The maximum Gasteiger partial charge on any atom is 0.248 e. The van der Waals surface area contributed by atoms with E-state index in [0.717, 1.165) is 19.3 Å². The molecule has 1 aliphatic heterocycles. The molecule has 0 aromatic heterocycles. The van der Waals surface area contributed by atoms with Crippen LogP contribution in [0, 0.1) is 5.92 Å². The predicted molar refractivity (Wildman–Crippen MR) is 106 cm³/mol. The van der Waals surface area contributed by atoms with E-state index in [-0.39, 0.29) is 43.4 Å². The summed E-state index contributed by atoms with van der Waals surface area (Å²) in [5, 5.41) is 0.537. The third kappa shape index (κ3) is 5.45. The van der Waals surface area contributed by atoms with Crippen molar-refractivity contribution >= 4 is 35.0 Å². The monoisotopic (exact) mass is 393 g/mol. The molecule has 0 radical (unpaired) electrons. The van der Waals surface area contributed by atoms with Crippen LogP contribution in [-0.4, -0.2) is 53.8 Å². The number of anilines is 1. The summed E-state index contributed by atoms with van der Waals surface area (Å²) in [6.07, 6.45) is 2.53. The fourth-order valence-electron chi connectivity index (χ4n) is 2.95. The molecule has 7 heteroatoms. The first-order valence-electron chi connectivity index (χ1n) is 9.49. The quantitative estimate of drug-likeness (QED) is 0.681. The van der Waals surface area contributed by atoms with Gasteiger partial charge in [-0.25, -0.2) is 0 Å². The first kappa shape index (κ1) is 21.2. The molecule has 2 rings (SSSR count). The van der Waals surface area contributed by atoms with Crippen LogP contribution < -0.4 is 4.90 Å². The van der Waals surface area contributed by atoms with Crippen LogP contribution >= 0.6 is 11.6 Å². The number of hydrogen-bond donors (Lipinski definition) is 0. The molecule has 0 spiro atoms. The van der Waals surface area contributed by atoms with Crippen LogP contribution in [0.15, 0.2) is 24.3 Å². The third-order valence-electron chi connectivity index (χ3n) is 4.87. The van der Waals surface area contributed by atoms with Crippen LogP contribution in [0.1, 0.15) is 40.0 Å². The van der Waals surface area contributed by atoms with Crippen LogP contribution in [0.5, 0.6) is 0 Å². The van der Waals surface area contributed by atoms with Gasteiger partial charge in [0.15, 0.2) is 0 Å². The summed E-state index contributed by atoms with van der Waals surface area (Å²) in [6, 6.07) is 7.00. The average molecular weight is 394 g/mol. The summed E-state index contributed by atoms with van der Waals surface area (Å²) in [4.78, 5) is 42.3. The number of amides is 3. The zero-order chi connectivity index (χ0) is 20.0. The number of hydrogen-bond acceptors (Lipinski definition) is 3. The van der Waals surface area contributed by atoms with E-state index in [9.17, 15) is 14.4 Å². The Kier molecular flexibility index (Phi) is 7.66. The van der Waals surface area contributed by atoms with Crippen molar-refractivity contribution in [2.45, 2.75) is 40.0 Å². The molecule has 1 aromatic carbocycles. The zero-order valence-electron chi connectivity index (χ0n) is 16.3. The van der Waals surface area contributed by atoms with Crippen LogP contribution in [-0.2, 0) is 14.4 Å². The molecule has 0 saturated carbocycles. The highest BCUT2D eigenvalue weighted by Gasteiger charge is 2.33. The maximum absolute atomic E-state index is 12.8. The van der Waals surface area contributed by atoms with Gasteiger partial charge in [0.2, 0.25) is 17.7 Å². The SMILES string of the molecule is CCCCN(CC(=O)N1CC(=O)N(c2cccc(Cl)c2)C1)C(=O)[C@H](C)CC. The molecular weight excluding hydrogens is 366 g/mol. The minimum Gasteiger partial charge on any atom is -0.333 e. The lowest BCUT2D eigenvalue weighted by atomic mass is 10.1. The Morgan fingerprint density at radius 2 is 2.04 bits per heavy atom. The summed E-state index contributed by atoms with van der Waals surface area (Å²) in [5.41, 5.74) is 0.668. The standard InChI is InChI=1S/C20H28ClN3O3/c1-4-6-10-22(20(27)15(3)5-2)12-18(25)23-13-19(26)24(14-23)17-9-7-8-16(21)11-17/h7-9,11,15H,4-6,10,12-14H2,1-3H3/t15-/m1/s1. The van der Waals surface area contributed by atoms with Crippen molar-refractivity contribution in [1.82, 2.24) is 9.80 Å². The van der Waals surface area contributed by atoms with E-state index in [0.29, 0.717) is 17.3 Å². The van der Waals surface area contributed by atoms with E-state index in [1.807, 2.05) is 13.8 Å². The number of benzene rings is 1. The molecular formula is C20H28ClN3O3. The summed E-state index contributed by atoms with van der Waals surface area (Å²) >= 11 is 6.00. The number of rotatable bonds is 8. The topological polar surface area (TPSA) is 60.9 Å².